The van der Waals surface area contributed by atoms with Gasteiger partial charge in [-0.05, 0) is 25.1 Å². The molecule has 2 aromatic rings. The van der Waals surface area contributed by atoms with E-state index in [0.29, 0.717) is 5.13 Å². The molecule has 194 valence electrons. The summed E-state index contributed by atoms with van der Waals surface area (Å²) in [5, 5.41) is 0.360. The first-order valence-corrected chi connectivity index (χ1v) is 12.9. The van der Waals surface area contributed by atoms with Crippen LogP contribution < -0.4 is 9.64 Å². The number of amides is 1. The number of thiazole rings is 1. The van der Waals surface area contributed by atoms with E-state index in [0.717, 1.165) is 48.9 Å². The minimum atomic E-state index is -4.71. The maximum atomic E-state index is 13.1. The van der Waals surface area contributed by atoms with Gasteiger partial charge in [0.2, 0.25) is 0 Å². The molecule has 35 heavy (non-hydrogen) atoms. The van der Waals surface area contributed by atoms with E-state index in [1.54, 1.807) is 4.90 Å². The molecule has 1 aromatic heterocycles. The first-order chi connectivity index (χ1) is 16.0. The lowest BCUT2D eigenvalue weighted by molar-refractivity contribution is -0.189. The van der Waals surface area contributed by atoms with Gasteiger partial charge < -0.3 is 14.5 Å². The topological polar surface area (TPSA) is 79.8 Å². The van der Waals surface area contributed by atoms with Crippen LogP contribution in [-0.2, 0) is 16.3 Å². The van der Waals surface area contributed by atoms with Crippen molar-refractivity contribution < 1.29 is 44.3 Å². The molecule has 0 aliphatic carbocycles. The Balaban J connectivity index is 1.77. The Morgan fingerprint density at radius 2 is 1.77 bits per heavy atom. The molecular weight excluding hydrogens is 524 g/mol. The third-order valence-electron chi connectivity index (χ3n) is 5.13. The van der Waals surface area contributed by atoms with Crippen molar-refractivity contribution in [1.82, 2.24) is 9.88 Å². The van der Waals surface area contributed by atoms with Crippen molar-refractivity contribution in [2.24, 2.45) is 0 Å². The summed E-state index contributed by atoms with van der Waals surface area (Å²) < 4.78 is 106. The molecule has 7 nitrogen and oxygen atoms in total. The number of aromatic nitrogens is 1. The van der Waals surface area contributed by atoms with Crippen LogP contribution in [0.2, 0.25) is 0 Å². The van der Waals surface area contributed by atoms with Gasteiger partial charge >= 0.3 is 12.4 Å². The average molecular weight is 546 g/mol. The predicted molar refractivity (Wildman–Crippen MR) is 116 cm³/mol. The quantitative estimate of drug-likeness (QED) is 0.512. The molecule has 1 saturated heterocycles. The van der Waals surface area contributed by atoms with E-state index in [2.05, 4.69) is 4.98 Å². The van der Waals surface area contributed by atoms with Crippen molar-refractivity contribution in [3.05, 3.63) is 34.8 Å². The largest absolute Gasteiger partial charge is 0.480 e. The number of hydrogen-bond acceptors (Lipinski definition) is 7. The second-order valence-corrected chi connectivity index (χ2v) is 11.0. The standard InChI is InChI=1S/C20H21F6N3O4S2/c1-12(20(24,25)26)33-16-4-3-14(35(2,31)32)9-15(16)17(30)28-5-7-29(8-6-28)18-27-11-13(34-18)10-19(21,22)23/h3-4,9,11-12H,5-8,10H2,1-2H3/t12-/m1/s1. The zero-order valence-electron chi connectivity index (χ0n) is 18.5. The molecule has 1 aliphatic heterocycles. The van der Waals surface area contributed by atoms with Gasteiger partial charge in [-0.1, -0.05) is 0 Å². The molecule has 1 aliphatic rings. The highest BCUT2D eigenvalue weighted by Crippen LogP contribution is 2.32. The van der Waals surface area contributed by atoms with Crippen molar-refractivity contribution >= 4 is 32.2 Å². The molecule has 2 heterocycles. The second kappa shape index (κ2) is 9.84. The van der Waals surface area contributed by atoms with Gasteiger partial charge in [0, 0.05) is 43.5 Å². The fraction of sp³-hybridized carbons (Fsp3) is 0.500. The smallest absolute Gasteiger partial charge is 0.425 e. The normalized spacial score (nSPS) is 16.3. The summed E-state index contributed by atoms with van der Waals surface area (Å²) in [6, 6.07) is 3.05. The fourth-order valence-corrected chi connectivity index (χ4v) is 4.90. The number of carbonyl (C=O) groups excluding carboxylic acids is 1. The van der Waals surface area contributed by atoms with Crippen molar-refractivity contribution in [2.45, 2.75) is 36.7 Å². The Hall–Kier alpha value is -2.55. The lowest BCUT2D eigenvalue weighted by atomic mass is 10.1. The van der Waals surface area contributed by atoms with Crippen LogP contribution in [0.5, 0.6) is 5.75 Å². The maximum Gasteiger partial charge on any atom is 0.425 e. The number of nitrogens with zero attached hydrogens (tertiary/aromatic N) is 3. The molecule has 1 atom stereocenters. The highest BCUT2D eigenvalue weighted by molar-refractivity contribution is 7.90. The van der Waals surface area contributed by atoms with Crippen LogP contribution in [0.1, 0.15) is 22.2 Å². The molecule has 0 N–H and O–H groups in total. The molecule has 3 rings (SSSR count). The zero-order valence-corrected chi connectivity index (χ0v) is 20.1. The maximum absolute atomic E-state index is 13.1. The van der Waals surface area contributed by atoms with Crippen molar-refractivity contribution in [3.63, 3.8) is 0 Å². The van der Waals surface area contributed by atoms with Crippen molar-refractivity contribution in [3.8, 4) is 5.75 Å². The molecule has 0 spiro atoms. The van der Waals surface area contributed by atoms with Crippen LogP contribution >= 0.6 is 11.3 Å². The Labute approximate surface area is 201 Å². The number of anilines is 1. The molecular formula is C20H21F6N3O4S2. The van der Waals surface area contributed by atoms with E-state index in [-0.39, 0.29) is 41.5 Å². The van der Waals surface area contributed by atoms with E-state index < -0.39 is 46.4 Å². The number of ether oxygens (including phenoxy) is 1. The van der Waals surface area contributed by atoms with E-state index in [9.17, 15) is 39.6 Å². The SMILES string of the molecule is C[C@@H](Oc1ccc(S(C)(=O)=O)cc1C(=O)N1CCN(c2ncc(CC(F)(F)F)s2)CC1)C(F)(F)F. The van der Waals surface area contributed by atoms with E-state index in [1.165, 1.54) is 4.90 Å². The lowest BCUT2D eigenvalue weighted by Gasteiger charge is -2.35. The second-order valence-electron chi connectivity index (χ2n) is 7.91. The Morgan fingerprint density at radius 3 is 2.31 bits per heavy atom. The number of benzene rings is 1. The minimum Gasteiger partial charge on any atom is -0.480 e. The summed E-state index contributed by atoms with van der Waals surface area (Å²) >= 11 is 0.887. The summed E-state index contributed by atoms with van der Waals surface area (Å²) in [5.74, 6) is -1.14. The number of halogens is 6. The van der Waals surface area contributed by atoms with Crippen LogP contribution in [0.25, 0.3) is 0 Å². The van der Waals surface area contributed by atoms with Crippen LogP contribution in [0.15, 0.2) is 29.3 Å². The number of sulfone groups is 1. The third-order valence-corrected chi connectivity index (χ3v) is 7.30. The highest BCUT2D eigenvalue weighted by atomic mass is 32.2. The first kappa shape index (κ1) is 27.0. The molecule has 1 aromatic carbocycles. The monoisotopic (exact) mass is 545 g/mol. The summed E-state index contributed by atoms with van der Waals surface area (Å²) in [7, 11) is -3.76. The molecule has 0 unspecified atom stereocenters. The lowest BCUT2D eigenvalue weighted by Crippen LogP contribution is -2.49. The van der Waals surface area contributed by atoms with Crippen molar-refractivity contribution in [2.75, 3.05) is 37.3 Å². The zero-order chi connectivity index (χ0) is 26.2. The molecule has 0 saturated carbocycles. The van der Waals surface area contributed by atoms with Gasteiger partial charge in [-0.25, -0.2) is 13.4 Å². The Morgan fingerprint density at radius 1 is 1.14 bits per heavy atom. The van der Waals surface area contributed by atoms with Crippen LogP contribution in [0.3, 0.4) is 0 Å². The van der Waals surface area contributed by atoms with Gasteiger partial charge in [0.05, 0.1) is 16.9 Å². The number of rotatable bonds is 6. The number of hydrogen-bond donors (Lipinski definition) is 0. The fourth-order valence-electron chi connectivity index (χ4n) is 3.26. The highest BCUT2D eigenvalue weighted by Gasteiger charge is 2.39. The third kappa shape index (κ3) is 6.99. The summed E-state index contributed by atoms with van der Waals surface area (Å²) in [4.78, 5) is 20.0. The van der Waals surface area contributed by atoms with E-state index in [4.69, 9.17) is 4.74 Å². The van der Waals surface area contributed by atoms with Gasteiger partial charge in [0.25, 0.3) is 5.91 Å². The number of carbonyl (C=O) groups is 1. The average Bonchev–Trinajstić information content (AvgIpc) is 3.19. The molecule has 1 amide bonds. The molecule has 0 bridgehead atoms. The number of piperazine rings is 1. The van der Waals surface area contributed by atoms with Gasteiger partial charge in [-0.3, -0.25) is 4.79 Å². The van der Waals surface area contributed by atoms with E-state index in [1.807, 2.05) is 0 Å². The summed E-state index contributed by atoms with van der Waals surface area (Å²) in [6.45, 7) is 1.37. The number of alkyl halides is 6. The van der Waals surface area contributed by atoms with Crippen LogP contribution in [0.4, 0.5) is 31.5 Å². The summed E-state index contributed by atoms with van der Waals surface area (Å²) in [6.07, 6.45) is -10.4. The molecule has 1 fully saturated rings. The Bertz CT molecular complexity index is 1170. The molecule has 0 radical (unpaired) electrons. The first-order valence-electron chi connectivity index (χ1n) is 10.2. The van der Waals surface area contributed by atoms with E-state index >= 15 is 0 Å². The molecule has 15 heteroatoms. The van der Waals surface area contributed by atoms with Gasteiger partial charge in [0.15, 0.2) is 21.1 Å². The van der Waals surface area contributed by atoms with Crippen LogP contribution in [0, 0.1) is 0 Å². The Kier molecular flexibility index (Phi) is 7.60. The minimum absolute atomic E-state index is 0.0455. The summed E-state index contributed by atoms with van der Waals surface area (Å²) in [5.41, 5.74) is -0.334. The van der Waals surface area contributed by atoms with Gasteiger partial charge in [-0.2, -0.15) is 26.3 Å². The van der Waals surface area contributed by atoms with Gasteiger partial charge in [-0.15, -0.1) is 11.3 Å². The van der Waals surface area contributed by atoms with Gasteiger partial charge in [0.1, 0.15) is 5.75 Å². The van der Waals surface area contributed by atoms with Crippen LogP contribution in [-0.4, -0.2) is 75.1 Å². The predicted octanol–water partition coefficient (Wildman–Crippen LogP) is 3.94. The van der Waals surface area contributed by atoms with Crippen molar-refractivity contribution in [1.29, 1.82) is 0 Å².